The Bertz CT molecular complexity index is 678. The molecule has 0 aliphatic rings. The molecule has 0 aliphatic carbocycles. The van der Waals surface area contributed by atoms with E-state index in [-0.39, 0.29) is 24.3 Å². The molecule has 0 bridgehead atoms. The predicted octanol–water partition coefficient (Wildman–Crippen LogP) is -4.15. The maximum atomic E-state index is 12.4. The Kier molecular flexibility index (Phi) is 12.5. The van der Waals surface area contributed by atoms with Crippen LogP contribution in [0.5, 0.6) is 0 Å². The first-order valence-electron chi connectivity index (χ1n) is 8.60. The van der Waals surface area contributed by atoms with Gasteiger partial charge in [-0.2, -0.15) is 25.3 Å². The molecule has 0 aromatic rings. The van der Waals surface area contributed by atoms with Crippen LogP contribution in [-0.2, 0) is 28.8 Å². The minimum atomic E-state index is -1.43. The van der Waals surface area contributed by atoms with Crippen LogP contribution in [0.25, 0.3) is 0 Å². The van der Waals surface area contributed by atoms with E-state index in [9.17, 15) is 28.8 Å². The predicted molar refractivity (Wildman–Crippen MR) is 111 cm³/mol. The smallest absolute Gasteiger partial charge is 0.326 e. The summed E-state index contributed by atoms with van der Waals surface area (Å²) >= 11 is 7.79. The van der Waals surface area contributed by atoms with Crippen molar-refractivity contribution in [2.45, 2.75) is 43.4 Å². The van der Waals surface area contributed by atoms with Crippen molar-refractivity contribution in [1.29, 1.82) is 0 Å². The number of thiol groups is 2. The van der Waals surface area contributed by atoms with E-state index in [4.69, 9.17) is 22.3 Å². The van der Waals surface area contributed by atoms with Crippen molar-refractivity contribution in [1.82, 2.24) is 16.0 Å². The topological polar surface area (TPSA) is 237 Å². The van der Waals surface area contributed by atoms with Gasteiger partial charge in [0.2, 0.25) is 29.5 Å². The Morgan fingerprint density at radius 3 is 1.70 bits per heavy atom. The lowest BCUT2D eigenvalue weighted by atomic mass is 10.1. The molecule has 0 aromatic heterocycles. The Morgan fingerprint density at radius 2 is 1.27 bits per heavy atom. The van der Waals surface area contributed by atoms with Gasteiger partial charge in [-0.15, -0.1) is 0 Å². The van der Waals surface area contributed by atoms with Crippen LogP contribution in [0, 0.1) is 0 Å². The molecule has 170 valence electrons. The minimum Gasteiger partial charge on any atom is -0.480 e. The molecule has 0 heterocycles. The summed E-state index contributed by atoms with van der Waals surface area (Å²) < 4.78 is 0. The van der Waals surface area contributed by atoms with Gasteiger partial charge in [0.1, 0.15) is 18.1 Å². The molecule has 0 aliphatic heterocycles. The molecule has 0 saturated heterocycles. The Labute approximate surface area is 183 Å². The van der Waals surface area contributed by atoms with Crippen LogP contribution < -0.4 is 33.2 Å². The van der Waals surface area contributed by atoms with Crippen molar-refractivity contribution in [3.05, 3.63) is 0 Å². The van der Waals surface area contributed by atoms with Crippen molar-refractivity contribution >= 4 is 60.8 Å². The third-order valence-electron chi connectivity index (χ3n) is 3.68. The Hall–Kier alpha value is -2.52. The standard InChI is InChI=1S/C15H26N6O7S2/c16-6(4-29)12(24)20-8(3-11(18)23)13(25)21-9(5-30)14(26)19-7(15(27)28)1-2-10(17)22/h6-9,29-30H,1-5,16H2,(H2,17,22)(H2,18,23)(H,19,26)(H,20,24)(H,21,25)(H,27,28). The molecule has 0 saturated carbocycles. The van der Waals surface area contributed by atoms with Crippen LogP contribution in [0.2, 0.25) is 0 Å². The average Bonchev–Trinajstić information content (AvgIpc) is 2.66. The summed E-state index contributed by atoms with van der Waals surface area (Å²) in [6.07, 6.45) is -1.12. The second-order valence-corrected chi connectivity index (χ2v) is 6.90. The number of carbonyl (C=O) groups is 6. The third-order valence-corrected chi connectivity index (χ3v) is 4.44. The molecular weight excluding hydrogens is 440 g/mol. The summed E-state index contributed by atoms with van der Waals surface area (Å²) in [5.74, 6) is -5.95. The summed E-state index contributed by atoms with van der Waals surface area (Å²) in [5, 5.41) is 15.8. The quantitative estimate of drug-likeness (QED) is 0.114. The summed E-state index contributed by atoms with van der Waals surface area (Å²) in [7, 11) is 0. The highest BCUT2D eigenvalue weighted by atomic mass is 32.1. The van der Waals surface area contributed by atoms with Gasteiger partial charge in [0.25, 0.3) is 0 Å². The van der Waals surface area contributed by atoms with Gasteiger partial charge in [-0.1, -0.05) is 0 Å². The van der Waals surface area contributed by atoms with E-state index < -0.39 is 66.1 Å². The molecule has 13 nitrogen and oxygen atoms in total. The molecule has 4 atom stereocenters. The van der Waals surface area contributed by atoms with Crippen LogP contribution >= 0.6 is 25.3 Å². The number of carboxylic acid groups (broad SMARTS) is 1. The highest BCUT2D eigenvalue weighted by Gasteiger charge is 2.30. The van der Waals surface area contributed by atoms with Gasteiger partial charge in [-0.25, -0.2) is 4.79 Å². The van der Waals surface area contributed by atoms with E-state index in [1.165, 1.54) is 0 Å². The van der Waals surface area contributed by atoms with Crippen molar-refractivity contribution in [2.24, 2.45) is 17.2 Å². The molecule has 0 aromatic carbocycles. The zero-order chi connectivity index (χ0) is 23.4. The lowest BCUT2D eigenvalue weighted by Crippen LogP contribution is -2.58. The van der Waals surface area contributed by atoms with Crippen molar-refractivity contribution in [3.8, 4) is 0 Å². The summed E-state index contributed by atoms with van der Waals surface area (Å²) in [6.45, 7) is 0. The molecule has 30 heavy (non-hydrogen) atoms. The number of carbonyl (C=O) groups excluding carboxylic acids is 5. The molecule has 0 radical (unpaired) electrons. The molecule has 0 rings (SSSR count). The van der Waals surface area contributed by atoms with E-state index >= 15 is 0 Å². The van der Waals surface area contributed by atoms with Gasteiger partial charge in [-0.05, 0) is 6.42 Å². The molecule has 5 amide bonds. The highest BCUT2D eigenvalue weighted by molar-refractivity contribution is 7.80. The van der Waals surface area contributed by atoms with Crippen LogP contribution in [0.15, 0.2) is 0 Å². The van der Waals surface area contributed by atoms with Crippen molar-refractivity contribution in [3.63, 3.8) is 0 Å². The largest absolute Gasteiger partial charge is 0.480 e. The average molecular weight is 467 g/mol. The first-order chi connectivity index (χ1) is 13.9. The molecule has 0 fully saturated rings. The van der Waals surface area contributed by atoms with Crippen LogP contribution in [0.1, 0.15) is 19.3 Å². The van der Waals surface area contributed by atoms with Gasteiger partial charge in [0.05, 0.1) is 12.5 Å². The highest BCUT2D eigenvalue weighted by Crippen LogP contribution is 2.01. The molecule has 0 spiro atoms. The number of amides is 5. The lowest BCUT2D eigenvalue weighted by Gasteiger charge is -2.23. The van der Waals surface area contributed by atoms with E-state index in [0.29, 0.717) is 0 Å². The fourth-order valence-electron chi connectivity index (χ4n) is 2.05. The minimum absolute atomic E-state index is 0.0275. The number of rotatable bonds is 14. The van der Waals surface area contributed by atoms with Crippen LogP contribution in [0.4, 0.5) is 0 Å². The molecule has 4 unspecified atom stereocenters. The maximum Gasteiger partial charge on any atom is 0.326 e. The summed E-state index contributed by atoms with van der Waals surface area (Å²) in [4.78, 5) is 70.0. The molecular formula is C15H26N6O7S2. The first-order valence-corrected chi connectivity index (χ1v) is 9.87. The third kappa shape index (κ3) is 10.3. The second-order valence-electron chi connectivity index (χ2n) is 6.17. The van der Waals surface area contributed by atoms with E-state index in [0.717, 1.165) is 0 Å². The number of aliphatic carboxylic acids is 1. The second kappa shape index (κ2) is 13.7. The fraction of sp³-hybridized carbons (Fsp3) is 0.600. The molecule has 10 N–H and O–H groups in total. The van der Waals surface area contributed by atoms with Crippen molar-refractivity contribution < 1.29 is 33.9 Å². The Morgan fingerprint density at radius 1 is 0.767 bits per heavy atom. The first kappa shape index (κ1) is 27.5. The van der Waals surface area contributed by atoms with E-state index in [1.807, 2.05) is 0 Å². The van der Waals surface area contributed by atoms with Crippen LogP contribution in [-0.4, -0.2) is 76.3 Å². The van der Waals surface area contributed by atoms with Gasteiger partial charge in [-0.3, -0.25) is 24.0 Å². The van der Waals surface area contributed by atoms with Gasteiger partial charge >= 0.3 is 5.97 Å². The summed E-state index contributed by atoms with van der Waals surface area (Å²) in [5.41, 5.74) is 15.6. The number of primary amides is 2. The number of carboxylic acids is 1. The molecule has 15 heteroatoms. The summed E-state index contributed by atoms with van der Waals surface area (Å²) in [6, 6.07) is -5.23. The fourth-order valence-corrected chi connectivity index (χ4v) is 2.48. The lowest BCUT2D eigenvalue weighted by molar-refractivity contribution is -0.142. The van der Waals surface area contributed by atoms with Gasteiger partial charge < -0.3 is 38.3 Å². The Balaban J connectivity index is 5.20. The van der Waals surface area contributed by atoms with E-state index in [1.54, 1.807) is 0 Å². The number of hydrogen-bond acceptors (Lipinski definition) is 9. The zero-order valence-electron chi connectivity index (χ0n) is 15.9. The number of nitrogens with one attached hydrogen (secondary N) is 3. The van der Waals surface area contributed by atoms with E-state index in [2.05, 4.69) is 41.2 Å². The number of nitrogens with two attached hydrogens (primary N) is 3. The van der Waals surface area contributed by atoms with Crippen molar-refractivity contribution in [2.75, 3.05) is 11.5 Å². The van der Waals surface area contributed by atoms with Crippen LogP contribution in [0.3, 0.4) is 0 Å². The maximum absolute atomic E-state index is 12.4. The van der Waals surface area contributed by atoms with Gasteiger partial charge in [0, 0.05) is 17.9 Å². The van der Waals surface area contributed by atoms with Gasteiger partial charge in [0.15, 0.2) is 0 Å². The monoisotopic (exact) mass is 466 g/mol. The normalized spacial score (nSPS) is 14.5. The number of hydrogen-bond donors (Lipinski definition) is 9. The SMILES string of the molecule is NC(=O)CCC(NC(=O)C(CS)NC(=O)C(CC(N)=O)NC(=O)C(N)CS)C(=O)O. The zero-order valence-corrected chi connectivity index (χ0v) is 17.7.